The van der Waals surface area contributed by atoms with Crippen LogP contribution in [0.4, 0.5) is 4.39 Å². The third kappa shape index (κ3) is 2.15. The summed E-state index contributed by atoms with van der Waals surface area (Å²) in [6, 6.07) is 0. The Morgan fingerprint density at radius 1 is 1.73 bits per heavy atom. The molecule has 0 aliphatic carbocycles. The molecule has 0 unspecified atom stereocenters. The fraction of sp³-hybridized carbons (Fsp3) is 0.857. The normalized spacial score (nSPS) is 16.5. The van der Waals surface area contributed by atoms with E-state index >= 15 is 0 Å². The Morgan fingerprint density at radius 2 is 2.18 bits per heavy atom. The molecule has 0 aromatic carbocycles. The van der Waals surface area contributed by atoms with Gasteiger partial charge in [0.15, 0.2) is 0 Å². The van der Waals surface area contributed by atoms with Crippen molar-refractivity contribution in [1.29, 1.82) is 0 Å². The molecule has 0 aromatic heterocycles. The van der Waals surface area contributed by atoms with Crippen LogP contribution in [0.5, 0.6) is 0 Å². The Bertz CT molecular complexity index is 149. The van der Waals surface area contributed by atoms with Crippen LogP contribution in [-0.2, 0) is 4.79 Å². The fourth-order valence-corrected chi connectivity index (χ4v) is 0.799. The molecular formula is C7H14FNO2. The molecule has 0 aliphatic heterocycles. The molecule has 0 amide bonds. The number of nitrogens with two attached hydrogens (primary N) is 1. The summed E-state index contributed by atoms with van der Waals surface area (Å²) >= 11 is 0. The largest absolute Gasteiger partial charge is 0.480 e. The van der Waals surface area contributed by atoms with Crippen molar-refractivity contribution in [2.75, 3.05) is 6.67 Å². The minimum Gasteiger partial charge on any atom is -0.480 e. The first-order valence-corrected chi connectivity index (χ1v) is 3.53. The number of carbonyl (C=O) groups is 1. The first-order chi connectivity index (χ1) is 4.95. The summed E-state index contributed by atoms with van der Waals surface area (Å²) in [5.41, 5.74) is 4.05. The number of rotatable bonds is 4. The van der Waals surface area contributed by atoms with Gasteiger partial charge in [-0.05, 0) is 5.92 Å². The lowest BCUT2D eigenvalue weighted by molar-refractivity contribution is -0.145. The second-order valence-electron chi connectivity index (χ2n) is 2.94. The maximum Gasteiger partial charge on any atom is 0.324 e. The van der Waals surface area contributed by atoms with E-state index in [2.05, 4.69) is 0 Å². The summed E-state index contributed by atoms with van der Waals surface area (Å²) in [6.07, 6.45) is -0.125. The van der Waals surface area contributed by atoms with E-state index < -0.39 is 18.2 Å². The summed E-state index contributed by atoms with van der Waals surface area (Å²) < 4.78 is 11.9. The van der Waals surface area contributed by atoms with Crippen molar-refractivity contribution in [3.05, 3.63) is 0 Å². The number of alkyl halides is 1. The quantitative estimate of drug-likeness (QED) is 0.643. The third-order valence-corrected chi connectivity index (χ3v) is 1.94. The average Bonchev–Trinajstić information content (AvgIpc) is 1.87. The predicted molar refractivity (Wildman–Crippen MR) is 40.0 cm³/mol. The Kier molecular flexibility index (Phi) is 3.45. The van der Waals surface area contributed by atoms with Crippen LogP contribution in [-0.4, -0.2) is 23.3 Å². The number of aliphatic carboxylic acids is 1. The van der Waals surface area contributed by atoms with Crippen molar-refractivity contribution in [1.82, 2.24) is 0 Å². The van der Waals surface area contributed by atoms with Crippen molar-refractivity contribution >= 4 is 5.97 Å². The smallest absolute Gasteiger partial charge is 0.324 e. The molecule has 0 aromatic rings. The zero-order valence-corrected chi connectivity index (χ0v) is 6.80. The van der Waals surface area contributed by atoms with Crippen LogP contribution in [0.15, 0.2) is 0 Å². The Hall–Kier alpha value is -0.640. The molecule has 0 bridgehead atoms. The van der Waals surface area contributed by atoms with Gasteiger partial charge in [-0.2, -0.15) is 0 Å². The van der Waals surface area contributed by atoms with E-state index in [0.29, 0.717) is 0 Å². The van der Waals surface area contributed by atoms with Crippen LogP contribution in [0, 0.1) is 5.92 Å². The summed E-state index contributed by atoms with van der Waals surface area (Å²) in [4.78, 5) is 10.6. The number of carboxylic acids is 1. The molecule has 3 N–H and O–H groups in total. The molecule has 0 spiro atoms. The number of hydrogen-bond acceptors (Lipinski definition) is 2. The maximum atomic E-state index is 11.9. The zero-order valence-electron chi connectivity index (χ0n) is 6.80. The van der Waals surface area contributed by atoms with Gasteiger partial charge < -0.3 is 10.8 Å². The van der Waals surface area contributed by atoms with Gasteiger partial charge in [0.2, 0.25) is 0 Å². The molecular weight excluding hydrogens is 149 g/mol. The summed E-state index contributed by atoms with van der Waals surface area (Å²) in [6.45, 7) is 2.65. The highest BCUT2D eigenvalue weighted by Gasteiger charge is 2.36. The molecule has 0 fully saturated rings. The molecule has 11 heavy (non-hydrogen) atoms. The van der Waals surface area contributed by atoms with Gasteiger partial charge in [0.05, 0.1) is 6.67 Å². The van der Waals surface area contributed by atoms with Gasteiger partial charge in [-0.25, -0.2) is 0 Å². The third-order valence-electron chi connectivity index (χ3n) is 1.94. The number of carboxylic acid groups (broad SMARTS) is 1. The van der Waals surface area contributed by atoms with E-state index in [4.69, 9.17) is 10.8 Å². The van der Waals surface area contributed by atoms with Crippen LogP contribution in [0.25, 0.3) is 0 Å². The molecule has 0 aliphatic rings. The fourth-order valence-electron chi connectivity index (χ4n) is 0.799. The summed E-state index contributed by atoms with van der Waals surface area (Å²) in [7, 11) is 0. The summed E-state index contributed by atoms with van der Waals surface area (Å²) in [5.74, 6) is -1.39. The van der Waals surface area contributed by atoms with Gasteiger partial charge in [-0.15, -0.1) is 0 Å². The van der Waals surface area contributed by atoms with Crippen LogP contribution >= 0.6 is 0 Å². The Morgan fingerprint density at radius 3 is 2.27 bits per heavy atom. The minimum absolute atomic E-state index is 0.125. The van der Waals surface area contributed by atoms with Gasteiger partial charge in [-0.1, -0.05) is 13.8 Å². The maximum absolute atomic E-state index is 11.9. The van der Waals surface area contributed by atoms with Crippen molar-refractivity contribution in [2.45, 2.75) is 25.8 Å². The highest BCUT2D eigenvalue weighted by molar-refractivity contribution is 5.78. The molecule has 0 rings (SSSR count). The van der Waals surface area contributed by atoms with Crippen molar-refractivity contribution in [3.8, 4) is 0 Å². The zero-order chi connectivity index (χ0) is 9.07. The Balaban J connectivity index is 4.38. The van der Waals surface area contributed by atoms with Crippen LogP contribution in [0.2, 0.25) is 0 Å². The predicted octanol–water partition coefficient (Wildman–Crippen LogP) is 0.784. The van der Waals surface area contributed by atoms with E-state index in [9.17, 15) is 9.18 Å². The molecule has 0 radical (unpaired) electrons. The standard InChI is InChI=1S/C7H14FNO2/c1-5(2)7(9,3-4-8)6(10)11/h5H,3-4,9H2,1-2H3,(H,10,11)/t7-/m0/s1. The second-order valence-corrected chi connectivity index (χ2v) is 2.94. The number of halogens is 1. The average molecular weight is 163 g/mol. The van der Waals surface area contributed by atoms with E-state index in [-0.39, 0.29) is 12.3 Å². The van der Waals surface area contributed by atoms with E-state index in [1.807, 2.05) is 0 Å². The van der Waals surface area contributed by atoms with Crippen molar-refractivity contribution in [2.24, 2.45) is 11.7 Å². The first-order valence-electron chi connectivity index (χ1n) is 3.53. The lowest BCUT2D eigenvalue weighted by Gasteiger charge is -2.27. The van der Waals surface area contributed by atoms with Gasteiger partial charge in [-0.3, -0.25) is 9.18 Å². The van der Waals surface area contributed by atoms with Crippen LogP contribution in [0.3, 0.4) is 0 Å². The van der Waals surface area contributed by atoms with Gasteiger partial charge in [0, 0.05) is 6.42 Å². The van der Waals surface area contributed by atoms with Crippen LogP contribution < -0.4 is 5.73 Å². The van der Waals surface area contributed by atoms with E-state index in [1.165, 1.54) is 0 Å². The highest BCUT2D eigenvalue weighted by atomic mass is 19.1. The molecule has 0 saturated heterocycles. The van der Waals surface area contributed by atoms with Crippen LogP contribution in [0.1, 0.15) is 20.3 Å². The van der Waals surface area contributed by atoms with E-state index in [1.54, 1.807) is 13.8 Å². The van der Waals surface area contributed by atoms with Gasteiger partial charge >= 0.3 is 5.97 Å². The highest BCUT2D eigenvalue weighted by Crippen LogP contribution is 2.18. The summed E-state index contributed by atoms with van der Waals surface area (Å²) in [5, 5.41) is 8.64. The number of hydrogen-bond donors (Lipinski definition) is 2. The van der Waals surface area contributed by atoms with E-state index in [0.717, 1.165) is 0 Å². The first kappa shape index (κ1) is 10.4. The topological polar surface area (TPSA) is 63.3 Å². The monoisotopic (exact) mass is 163 g/mol. The lowest BCUT2D eigenvalue weighted by atomic mass is 9.85. The minimum atomic E-state index is -1.41. The van der Waals surface area contributed by atoms with Gasteiger partial charge in [0.25, 0.3) is 0 Å². The van der Waals surface area contributed by atoms with Gasteiger partial charge in [0.1, 0.15) is 5.54 Å². The molecule has 4 heteroatoms. The molecule has 1 atom stereocenters. The van der Waals surface area contributed by atoms with Crippen molar-refractivity contribution < 1.29 is 14.3 Å². The SMILES string of the molecule is CC(C)[C@@](N)(CCF)C(=O)O. The molecule has 66 valence electrons. The van der Waals surface area contributed by atoms with Crippen molar-refractivity contribution in [3.63, 3.8) is 0 Å². The molecule has 3 nitrogen and oxygen atoms in total. The Labute approximate surface area is 65.4 Å². The second kappa shape index (κ2) is 3.67. The molecule has 0 heterocycles. The molecule has 0 saturated carbocycles. The lowest BCUT2D eigenvalue weighted by Crippen LogP contribution is -2.52.